The second-order valence-corrected chi connectivity index (χ2v) is 5.25. The first kappa shape index (κ1) is 15.3. The third-order valence-corrected chi connectivity index (χ3v) is 3.86. The fourth-order valence-electron chi connectivity index (χ4n) is 2.08. The molecule has 0 spiro atoms. The van der Waals surface area contributed by atoms with E-state index < -0.39 is 11.8 Å². The lowest BCUT2D eigenvalue weighted by atomic mass is 9.97. The Labute approximate surface area is 126 Å². The summed E-state index contributed by atoms with van der Waals surface area (Å²) in [6.45, 7) is 0.765. The molecule has 6 nitrogen and oxygen atoms in total. The van der Waals surface area contributed by atoms with Gasteiger partial charge in [0.1, 0.15) is 6.04 Å². The quantitative estimate of drug-likeness (QED) is 0.336. The molecule has 0 radical (unpaired) electrons. The number of hydrogen-bond acceptors (Lipinski definition) is 5. The summed E-state index contributed by atoms with van der Waals surface area (Å²) >= 11 is 11.9. The summed E-state index contributed by atoms with van der Waals surface area (Å²) in [6, 6.07) is 4.27. The highest BCUT2D eigenvalue weighted by atomic mass is 35.5. The molecule has 0 aliphatic carbocycles. The number of hydrogen-bond donors (Lipinski definition) is 3. The monoisotopic (exact) mass is 319 g/mol. The van der Waals surface area contributed by atoms with E-state index in [1.54, 1.807) is 18.2 Å². The molecule has 0 amide bonds. The van der Waals surface area contributed by atoms with Crippen LogP contribution in [0.1, 0.15) is 5.56 Å². The summed E-state index contributed by atoms with van der Waals surface area (Å²) < 4.78 is 11.2. The summed E-state index contributed by atoms with van der Waals surface area (Å²) in [7, 11) is 0. The number of rotatable bonds is 4. The lowest BCUT2D eigenvalue weighted by Gasteiger charge is -2.32. The van der Waals surface area contributed by atoms with Crippen molar-refractivity contribution in [1.29, 1.82) is 0 Å². The zero-order chi connectivity index (χ0) is 14.8. The third kappa shape index (κ3) is 2.99. The van der Waals surface area contributed by atoms with E-state index in [9.17, 15) is 0 Å². The number of halogens is 2. The van der Waals surface area contributed by atoms with Crippen LogP contribution in [0.3, 0.4) is 0 Å². The number of oxime groups is 1. The number of nitrogens with two attached hydrogens (primary N) is 2. The van der Waals surface area contributed by atoms with Gasteiger partial charge in [0.05, 0.1) is 23.3 Å². The van der Waals surface area contributed by atoms with Crippen LogP contribution in [0.5, 0.6) is 0 Å². The molecular formula is C12H15Cl2N3O3. The first-order valence-corrected chi connectivity index (χ1v) is 6.69. The molecule has 1 atom stereocenters. The Hall–Kier alpha value is -1.05. The third-order valence-electron chi connectivity index (χ3n) is 3.12. The van der Waals surface area contributed by atoms with Gasteiger partial charge in [-0.3, -0.25) is 0 Å². The topological polar surface area (TPSA) is 103 Å². The highest BCUT2D eigenvalue weighted by Crippen LogP contribution is 2.30. The molecule has 1 aliphatic rings. The van der Waals surface area contributed by atoms with Crippen molar-refractivity contribution in [2.24, 2.45) is 16.6 Å². The molecule has 20 heavy (non-hydrogen) atoms. The Morgan fingerprint density at radius 1 is 1.35 bits per heavy atom. The molecule has 0 bridgehead atoms. The van der Waals surface area contributed by atoms with Crippen LogP contribution >= 0.6 is 23.2 Å². The summed E-state index contributed by atoms with van der Waals surface area (Å²) in [5.41, 5.74) is 12.3. The van der Waals surface area contributed by atoms with Gasteiger partial charge in [-0.1, -0.05) is 34.4 Å². The van der Waals surface area contributed by atoms with E-state index in [0.717, 1.165) is 5.56 Å². The zero-order valence-electron chi connectivity index (χ0n) is 10.6. The fraction of sp³-hybridized carbons (Fsp3) is 0.417. The zero-order valence-corrected chi connectivity index (χ0v) is 12.1. The Balaban J connectivity index is 2.27. The Morgan fingerprint density at radius 3 is 2.55 bits per heavy atom. The molecule has 1 heterocycles. The molecule has 1 fully saturated rings. The van der Waals surface area contributed by atoms with Crippen LogP contribution < -0.4 is 11.5 Å². The van der Waals surface area contributed by atoms with Gasteiger partial charge in [-0.15, -0.1) is 0 Å². The second kappa shape index (κ2) is 6.15. The molecule has 8 heteroatoms. The molecular weight excluding hydrogens is 305 g/mol. The van der Waals surface area contributed by atoms with Crippen molar-refractivity contribution in [2.45, 2.75) is 18.2 Å². The minimum absolute atomic E-state index is 0.160. The molecule has 1 aromatic carbocycles. The van der Waals surface area contributed by atoms with Gasteiger partial charge in [0.15, 0.2) is 11.6 Å². The SMILES string of the molecule is N/C(=N\O)C(N)C1(Cc2ccc(Cl)c(Cl)c2)OCCO1. The molecule has 1 saturated heterocycles. The fourth-order valence-corrected chi connectivity index (χ4v) is 2.40. The van der Waals surface area contributed by atoms with Gasteiger partial charge in [0.2, 0.25) is 0 Å². The van der Waals surface area contributed by atoms with Crippen molar-refractivity contribution in [3.8, 4) is 0 Å². The van der Waals surface area contributed by atoms with Gasteiger partial charge in [-0.25, -0.2) is 0 Å². The lowest BCUT2D eigenvalue weighted by Crippen LogP contribution is -2.57. The van der Waals surface area contributed by atoms with E-state index in [1.807, 2.05) is 0 Å². The van der Waals surface area contributed by atoms with Gasteiger partial charge in [0.25, 0.3) is 0 Å². The van der Waals surface area contributed by atoms with Crippen LogP contribution in [-0.4, -0.2) is 36.1 Å². The van der Waals surface area contributed by atoms with Gasteiger partial charge < -0.3 is 26.1 Å². The van der Waals surface area contributed by atoms with E-state index in [2.05, 4.69) is 5.16 Å². The van der Waals surface area contributed by atoms with Crippen molar-refractivity contribution >= 4 is 29.0 Å². The Bertz CT molecular complexity index is 519. The van der Waals surface area contributed by atoms with E-state index in [0.29, 0.717) is 29.7 Å². The van der Waals surface area contributed by atoms with E-state index in [-0.39, 0.29) is 5.84 Å². The molecule has 5 N–H and O–H groups in total. The first-order chi connectivity index (χ1) is 9.48. The Kier molecular flexibility index (Phi) is 4.72. The van der Waals surface area contributed by atoms with Crippen LogP contribution in [0.4, 0.5) is 0 Å². The van der Waals surface area contributed by atoms with Crippen molar-refractivity contribution < 1.29 is 14.7 Å². The minimum atomic E-state index is -1.17. The second-order valence-electron chi connectivity index (χ2n) is 4.44. The normalized spacial score (nSPS) is 20.1. The predicted molar refractivity (Wildman–Crippen MR) is 76.2 cm³/mol. The highest BCUT2D eigenvalue weighted by Gasteiger charge is 2.45. The molecule has 1 aliphatic heterocycles. The highest BCUT2D eigenvalue weighted by molar-refractivity contribution is 6.42. The number of nitrogens with zero attached hydrogens (tertiary/aromatic N) is 1. The Morgan fingerprint density at radius 2 is 2.00 bits per heavy atom. The molecule has 110 valence electrons. The average molecular weight is 320 g/mol. The van der Waals surface area contributed by atoms with Crippen molar-refractivity contribution in [2.75, 3.05) is 13.2 Å². The predicted octanol–water partition coefficient (Wildman–Crippen LogP) is 1.35. The van der Waals surface area contributed by atoms with E-state index >= 15 is 0 Å². The van der Waals surface area contributed by atoms with Crippen molar-refractivity contribution in [1.82, 2.24) is 0 Å². The van der Waals surface area contributed by atoms with Crippen molar-refractivity contribution in [3.05, 3.63) is 33.8 Å². The van der Waals surface area contributed by atoms with E-state index in [4.69, 9.17) is 49.4 Å². The maximum atomic E-state index is 8.76. The molecule has 1 aromatic rings. The van der Waals surface area contributed by atoms with Gasteiger partial charge in [-0.2, -0.15) is 0 Å². The molecule has 1 unspecified atom stereocenters. The molecule has 0 saturated carbocycles. The number of benzene rings is 1. The van der Waals surface area contributed by atoms with Crippen molar-refractivity contribution in [3.63, 3.8) is 0 Å². The summed E-state index contributed by atoms with van der Waals surface area (Å²) in [5.74, 6) is -1.33. The summed E-state index contributed by atoms with van der Waals surface area (Å²) in [4.78, 5) is 0. The van der Waals surface area contributed by atoms with Gasteiger partial charge >= 0.3 is 0 Å². The van der Waals surface area contributed by atoms with Crippen LogP contribution in [0.2, 0.25) is 10.0 Å². The van der Waals surface area contributed by atoms with E-state index in [1.165, 1.54) is 0 Å². The number of amidine groups is 1. The number of ether oxygens (including phenoxy) is 2. The smallest absolute Gasteiger partial charge is 0.195 e. The maximum Gasteiger partial charge on any atom is 0.195 e. The lowest BCUT2D eigenvalue weighted by molar-refractivity contribution is -0.159. The average Bonchev–Trinajstić information content (AvgIpc) is 2.91. The van der Waals surface area contributed by atoms with Crippen LogP contribution in [0.25, 0.3) is 0 Å². The van der Waals surface area contributed by atoms with Crippen LogP contribution in [-0.2, 0) is 15.9 Å². The standard InChI is InChI=1S/C12H15Cl2N3O3/c13-8-2-1-7(5-9(8)14)6-12(19-3-4-20-12)10(15)11(16)17-18/h1-2,5,10,18H,3-4,6,15H2,(H2,16,17). The minimum Gasteiger partial charge on any atom is -0.409 e. The van der Waals surface area contributed by atoms with Crippen LogP contribution in [0.15, 0.2) is 23.4 Å². The van der Waals surface area contributed by atoms with Gasteiger partial charge in [0, 0.05) is 6.42 Å². The summed E-state index contributed by atoms with van der Waals surface area (Å²) in [5, 5.41) is 12.6. The summed E-state index contributed by atoms with van der Waals surface area (Å²) in [6.07, 6.45) is 0.307. The largest absolute Gasteiger partial charge is 0.409 e. The molecule has 0 aromatic heterocycles. The molecule has 2 rings (SSSR count). The van der Waals surface area contributed by atoms with Crippen LogP contribution in [0, 0.1) is 0 Å². The van der Waals surface area contributed by atoms with Gasteiger partial charge in [-0.05, 0) is 17.7 Å². The first-order valence-electron chi connectivity index (χ1n) is 5.93. The maximum absolute atomic E-state index is 8.76.